The number of carbonyl (C=O) groups excluding carboxylic acids is 2. The molecule has 6 heterocycles. The molecule has 2 saturated carbocycles. The molecule has 4 bridgehead atoms. The number of nitrogens with zero attached hydrogens (tertiary/aromatic N) is 5. The molecule has 9 rings (SSSR count). The van der Waals surface area contributed by atoms with E-state index in [0.717, 1.165) is 43.8 Å². The van der Waals surface area contributed by atoms with Crippen LogP contribution < -0.4 is 5.32 Å². The molecule has 0 aromatic heterocycles. The number of nitrogens with one attached hydrogen (secondary N) is 1. The Balaban J connectivity index is 0.000000205. The van der Waals surface area contributed by atoms with Gasteiger partial charge in [0.15, 0.2) is 0 Å². The fourth-order valence-electron chi connectivity index (χ4n) is 14.1. The van der Waals surface area contributed by atoms with E-state index in [0.29, 0.717) is 43.3 Å². The maximum Gasteiger partial charge on any atom is 0.338 e. The Morgan fingerprint density at radius 2 is 0.840 bits per heavy atom. The standard InChI is InChI=1S/C16H23NO3.C11H22N2O2.C10H21NO4S.C10H21NO2.C9H15NO/c1-15(2)10-13(11-16(3,4)17(15)19)20-14(18)12-8-6-5-7-9-12;1-8(14)12-9-6-10(2,3)13(15)11(4,5)7-9;1-9(2)6-8(15-16(5,13)14)7-10(3,4)11(9)12;1-9(2)6-8(13-5)7-10(3,4)11(9)12;11-10-8-2-6-1-7(4-8)5-9(10)3-6/h5-9,13,19H,10-11H2,1-4H3;9,15H,6-7H2,1-5H3,(H,12,14);8,12H,6-7H2,1-5H3;8,12H,6-7H2,1-5H3;6-9,11H,1-5H2. The van der Waals surface area contributed by atoms with Crippen LogP contribution in [0, 0.1) is 11.8 Å². The van der Waals surface area contributed by atoms with Crippen molar-refractivity contribution >= 4 is 22.0 Å². The molecule has 6 saturated heterocycles. The minimum absolute atomic E-state index is 0.00186. The molecule has 0 unspecified atom stereocenters. The molecule has 0 radical (unpaired) electrons. The van der Waals surface area contributed by atoms with Crippen molar-refractivity contribution in [1.29, 1.82) is 0 Å². The molecule has 0 atom stereocenters. The Labute approximate surface area is 451 Å². The van der Waals surface area contributed by atoms with Gasteiger partial charge in [-0.15, -0.1) is 0 Å². The Morgan fingerprint density at radius 1 is 0.520 bits per heavy atom. The van der Waals surface area contributed by atoms with Gasteiger partial charge < -0.3 is 40.8 Å². The summed E-state index contributed by atoms with van der Waals surface area (Å²) in [5.74, 6) is 1.62. The second-order valence-electron chi connectivity index (χ2n) is 28.0. The van der Waals surface area contributed by atoms with Gasteiger partial charge in [-0.2, -0.15) is 33.7 Å². The van der Waals surface area contributed by atoms with Gasteiger partial charge in [-0.3, -0.25) is 8.98 Å². The highest BCUT2D eigenvalue weighted by Crippen LogP contribution is 2.48. The number of hydrogen-bond donors (Lipinski definition) is 6. The van der Waals surface area contributed by atoms with Gasteiger partial charge >= 0.3 is 5.97 Å². The molecule has 2 aliphatic carbocycles. The lowest BCUT2D eigenvalue weighted by Crippen LogP contribution is -2.62. The first kappa shape index (κ1) is 65.2. The fourth-order valence-corrected chi connectivity index (χ4v) is 14.7. The van der Waals surface area contributed by atoms with Gasteiger partial charge in [-0.1, -0.05) is 18.2 Å². The van der Waals surface area contributed by atoms with Gasteiger partial charge in [0.1, 0.15) is 6.10 Å². The normalized spacial score (nSPS) is 30.1. The van der Waals surface area contributed by atoms with Crippen molar-refractivity contribution in [3.63, 3.8) is 0 Å². The predicted molar refractivity (Wildman–Crippen MR) is 289 cm³/mol. The van der Waals surface area contributed by atoms with E-state index in [1.165, 1.54) is 59.3 Å². The third-order valence-electron chi connectivity index (χ3n) is 16.6. The Bertz CT molecular complexity index is 2050. The van der Waals surface area contributed by atoms with Crippen molar-refractivity contribution in [2.45, 2.75) is 282 Å². The van der Waals surface area contributed by atoms with Gasteiger partial charge in [0.05, 0.1) is 24.0 Å². The van der Waals surface area contributed by atoms with Gasteiger partial charge in [-0.05, 0) is 205 Å². The summed E-state index contributed by atoms with van der Waals surface area (Å²) in [6.45, 7) is 32.9. The molecule has 0 spiro atoms. The third kappa shape index (κ3) is 17.6. The fraction of sp³-hybridized carbons (Fsp3) is 0.857. The Hall–Kier alpha value is -2.37. The summed E-state index contributed by atoms with van der Waals surface area (Å²) in [7, 11) is -1.70. The van der Waals surface area contributed by atoms with Crippen molar-refractivity contribution in [2.24, 2.45) is 11.8 Å². The van der Waals surface area contributed by atoms with Gasteiger partial charge in [0.25, 0.3) is 10.1 Å². The molecular formula is C56H102N6O12S. The summed E-state index contributed by atoms with van der Waals surface area (Å²) in [4.78, 5) is 23.1. The number of rotatable bonds is 6. The average molecular weight is 1080 g/mol. The molecule has 75 heavy (non-hydrogen) atoms. The van der Waals surface area contributed by atoms with Gasteiger partial charge in [0, 0.05) is 89.3 Å². The van der Waals surface area contributed by atoms with E-state index in [1.54, 1.807) is 24.3 Å². The highest BCUT2D eigenvalue weighted by molar-refractivity contribution is 7.86. The van der Waals surface area contributed by atoms with Crippen molar-refractivity contribution in [1.82, 2.24) is 30.6 Å². The van der Waals surface area contributed by atoms with Crippen LogP contribution in [-0.2, 0) is 28.6 Å². The third-order valence-corrected chi connectivity index (χ3v) is 17.2. The van der Waals surface area contributed by atoms with Crippen molar-refractivity contribution in [3.05, 3.63) is 35.9 Å². The maximum atomic E-state index is 12.1. The Morgan fingerprint density at radius 3 is 1.16 bits per heavy atom. The minimum Gasteiger partial charge on any atom is -0.459 e. The van der Waals surface area contributed by atoms with Crippen LogP contribution in [0.25, 0.3) is 0 Å². The van der Waals surface area contributed by atoms with Crippen LogP contribution in [0.2, 0.25) is 0 Å². The van der Waals surface area contributed by atoms with Crippen LogP contribution in [0.15, 0.2) is 30.3 Å². The van der Waals surface area contributed by atoms with E-state index >= 15 is 0 Å². The lowest BCUT2D eigenvalue weighted by Gasteiger charge is -2.53. The molecule has 8 fully saturated rings. The molecule has 434 valence electrons. The van der Waals surface area contributed by atoms with E-state index < -0.39 is 32.3 Å². The number of hydroxylamine groups is 10. The van der Waals surface area contributed by atoms with E-state index in [2.05, 4.69) is 5.32 Å². The summed E-state index contributed by atoms with van der Waals surface area (Å²) in [5, 5.41) is 60.0. The zero-order chi connectivity index (χ0) is 57.3. The van der Waals surface area contributed by atoms with E-state index in [9.17, 15) is 44.0 Å². The number of amides is 1. The molecule has 18 nitrogen and oxygen atoms in total. The predicted octanol–water partition coefficient (Wildman–Crippen LogP) is 9.84. The Kier molecular flexibility index (Phi) is 21.0. The summed E-state index contributed by atoms with van der Waals surface area (Å²) in [6, 6.07) is 10.2. The van der Waals surface area contributed by atoms with Crippen LogP contribution >= 0.6 is 0 Å². The number of carbonyl (C=O) groups is 2. The molecule has 1 aromatic rings. The first-order valence-corrected chi connectivity index (χ1v) is 29.1. The average Bonchev–Trinajstić information content (AvgIpc) is 3.24. The van der Waals surface area contributed by atoms with Gasteiger partial charge in [0.2, 0.25) is 5.91 Å². The topological polar surface area (TPSA) is 225 Å². The quantitative estimate of drug-likeness (QED) is 0.115. The van der Waals surface area contributed by atoms with Crippen LogP contribution in [0.4, 0.5) is 0 Å². The number of esters is 1. The highest BCUT2D eigenvalue weighted by atomic mass is 32.2. The second kappa shape index (κ2) is 24.2. The largest absolute Gasteiger partial charge is 0.459 e. The number of hydrogen-bond acceptors (Lipinski definition) is 17. The van der Waals surface area contributed by atoms with Crippen LogP contribution in [-0.4, -0.2) is 166 Å². The zero-order valence-electron chi connectivity index (χ0n) is 49.4. The smallest absolute Gasteiger partial charge is 0.338 e. The number of piperidine rings is 6. The summed E-state index contributed by atoms with van der Waals surface area (Å²) in [5.41, 5.74) is -2.22. The molecule has 8 aliphatic rings. The van der Waals surface area contributed by atoms with E-state index in [1.807, 2.05) is 129 Å². The first-order valence-electron chi connectivity index (χ1n) is 27.3. The van der Waals surface area contributed by atoms with Gasteiger partial charge in [-0.25, -0.2) is 4.79 Å². The number of methoxy groups -OCH3 is 1. The van der Waals surface area contributed by atoms with E-state index in [-0.39, 0.29) is 58.4 Å². The van der Waals surface area contributed by atoms with Crippen molar-refractivity contribution < 1.29 is 57.7 Å². The van der Waals surface area contributed by atoms with Crippen molar-refractivity contribution in [2.75, 3.05) is 13.4 Å². The lowest BCUT2D eigenvalue weighted by atomic mass is 9.64. The maximum absolute atomic E-state index is 12.1. The second-order valence-corrected chi connectivity index (χ2v) is 29.6. The SMILES string of the molecule is CC(=O)NC1CC(C)(C)N(O)C(C)(C)C1.CC1(C)CC(OC(=O)c2ccccc2)CC(C)(C)N1O.CC1(C)CC(OS(C)(=O)=O)CC(C)(C)N1O.COC1CC(C)(C)N(O)C(C)(C)C1.ON1C2CC3CC(C2)CC1C3. The number of ether oxygens (including phenoxy) is 2. The number of benzene rings is 1. The van der Waals surface area contributed by atoms with Crippen LogP contribution in [0.5, 0.6) is 0 Å². The zero-order valence-corrected chi connectivity index (χ0v) is 50.3. The molecule has 1 amide bonds. The minimum atomic E-state index is -3.44. The van der Waals surface area contributed by atoms with Crippen molar-refractivity contribution in [3.8, 4) is 0 Å². The molecule has 1 aromatic carbocycles. The summed E-state index contributed by atoms with van der Waals surface area (Å²) >= 11 is 0. The van der Waals surface area contributed by atoms with E-state index in [4.69, 9.17) is 13.7 Å². The lowest BCUT2D eigenvalue weighted by molar-refractivity contribution is -0.259. The summed E-state index contributed by atoms with van der Waals surface area (Å²) < 4.78 is 38.2. The first-order chi connectivity index (χ1) is 33.9. The molecule has 6 N–H and O–H groups in total. The molecular weight excluding hydrogens is 981 g/mol. The monoisotopic (exact) mass is 1080 g/mol. The van der Waals surface area contributed by atoms with Crippen LogP contribution in [0.1, 0.15) is 212 Å². The highest BCUT2D eigenvalue weighted by Gasteiger charge is 2.50. The molecule has 19 heteroatoms. The van der Waals surface area contributed by atoms with Crippen LogP contribution in [0.3, 0.4) is 0 Å². The summed E-state index contributed by atoms with van der Waals surface area (Å²) in [6.07, 6.45) is 12.8. The molecule has 6 aliphatic heterocycles.